The van der Waals surface area contributed by atoms with E-state index in [2.05, 4.69) is 27.7 Å². The third kappa shape index (κ3) is 8.51. The summed E-state index contributed by atoms with van der Waals surface area (Å²) < 4.78 is 27.8. The summed E-state index contributed by atoms with van der Waals surface area (Å²) in [6.45, 7) is 11.7. The van der Waals surface area contributed by atoms with E-state index in [1.165, 1.54) is 13.3 Å². The van der Waals surface area contributed by atoms with Crippen molar-refractivity contribution >= 4 is 24.1 Å². The molecule has 3 rings (SSSR count). The third-order valence-electron chi connectivity index (χ3n) is 6.15. The highest BCUT2D eigenvalue weighted by Gasteiger charge is 2.32. The Kier molecular flexibility index (Phi) is 12.0. The minimum atomic E-state index is -0.772. The van der Waals surface area contributed by atoms with Gasteiger partial charge < -0.3 is 34.3 Å². The zero-order chi connectivity index (χ0) is 31.4. The van der Waals surface area contributed by atoms with Gasteiger partial charge in [0.05, 0.1) is 44.8 Å². The van der Waals surface area contributed by atoms with Crippen molar-refractivity contribution in [1.82, 2.24) is 16.1 Å². The van der Waals surface area contributed by atoms with Crippen molar-refractivity contribution in [1.29, 1.82) is 0 Å². The monoisotopic (exact) mass is 594 g/mol. The number of rotatable bonds is 15. The van der Waals surface area contributed by atoms with Gasteiger partial charge >= 0.3 is 12.0 Å². The predicted octanol–water partition coefficient (Wildman–Crippen LogP) is 3.94. The molecular weight excluding hydrogens is 556 g/mol. The van der Waals surface area contributed by atoms with E-state index in [4.69, 9.17) is 23.7 Å². The van der Waals surface area contributed by atoms with Crippen molar-refractivity contribution in [2.24, 2.45) is 5.10 Å². The second kappa shape index (κ2) is 15.9. The molecule has 1 atom stereocenters. The molecule has 43 heavy (non-hydrogen) atoms. The number of nitrogens with one attached hydrogen (secondary N) is 3. The first-order valence-corrected chi connectivity index (χ1v) is 13.9. The number of methoxy groups -OCH3 is 1. The standard InChI is InChI=1S/C31H38N4O8/c1-7-11-22-14-20(15-25(40-8-2)29(22)41-9-3)17-32-35-26(36)18-43-23-13-12-21(16-24(23)39-6)28-27(30(37)42-10-4)19(5)33-31(38)34-28/h7,12-17,28H,1,8-11,18H2,2-6H3,(H,35,36)(H2,33,34,38)/b32-17-/t28-/m1/s1. The van der Waals surface area contributed by atoms with Crippen LogP contribution in [0, 0.1) is 0 Å². The highest BCUT2D eigenvalue weighted by molar-refractivity contribution is 5.95. The van der Waals surface area contributed by atoms with Gasteiger partial charge in [-0.1, -0.05) is 12.1 Å². The number of carbonyl (C=O) groups is 3. The molecule has 12 nitrogen and oxygen atoms in total. The van der Waals surface area contributed by atoms with Crippen LogP contribution >= 0.6 is 0 Å². The van der Waals surface area contributed by atoms with Gasteiger partial charge in [-0.15, -0.1) is 6.58 Å². The lowest BCUT2D eigenvalue weighted by molar-refractivity contribution is -0.139. The largest absolute Gasteiger partial charge is 0.493 e. The number of amides is 3. The quantitative estimate of drug-likeness (QED) is 0.122. The van der Waals surface area contributed by atoms with Gasteiger partial charge in [-0.3, -0.25) is 4.79 Å². The summed E-state index contributed by atoms with van der Waals surface area (Å²) in [5, 5.41) is 9.38. The van der Waals surface area contributed by atoms with Crippen LogP contribution in [0.25, 0.3) is 0 Å². The van der Waals surface area contributed by atoms with Gasteiger partial charge in [-0.2, -0.15) is 5.10 Å². The Morgan fingerprint density at radius 1 is 1.02 bits per heavy atom. The number of hydrogen-bond acceptors (Lipinski definition) is 9. The summed E-state index contributed by atoms with van der Waals surface area (Å²) in [4.78, 5) is 37.3. The molecule has 0 fully saturated rings. The minimum Gasteiger partial charge on any atom is -0.493 e. The van der Waals surface area contributed by atoms with E-state index < -0.39 is 23.9 Å². The number of ether oxygens (including phenoxy) is 5. The topological polar surface area (TPSA) is 146 Å². The lowest BCUT2D eigenvalue weighted by Gasteiger charge is -2.28. The van der Waals surface area contributed by atoms with Crippen LogP contribution in [0.2, 0.25) is 0 Å². The van der Waals surface area contributed by atoms with Crippen LogP contribution in [0.1, 0.15) is 50.4 Å². The molecule has 1 aliphatic heterocycles. The molecule has 0 aromatic heterocycles. The summed E-state index contributed by atoms with van der Waals surface area (Å²) >= 11 is 0. The second-order valence-corrected chi connectivity index (χ2v) is 9.15. The third-order valence-corrected chi connectivity index (χ3v) is 6.15. The first kappa shape index (κ1) is 32.5. The SMILES string of the molecule is C=CCc1cc(/C=N\NC(=O)COc2ccc([C@H]3NC(=O)NC(C)=C3C(=O)OCC)cc2OC)cc(OCC)c1OCC. The fraction of sp³-hybridized carbons (Fsp3) is 0.355. The first-order valence-electron chi connectivity index (χ1n) is 13.9. The van der Waals surface area contributed by atoms with E-state index in [9.17, 15) is 14.4 Å². The van der Waals surface area contributed by atoms with Crippen molar-refractivity contribution in [3.63, 3.8) is 0 Å². The Morgan fingerprint density at radius 2 is 1.79 bits per heavy atom. The number of hydrazone groups is 1. The summed E-state index contributed by atoms with van der Waals surface area (Å²) in [7, 11) is 1.44. The van der Waals surface area contributed by atoms with Crippen LogP contribution in [-0.4, -0.2) is 57.7 Å². The maximum Gasteiger partial charge on any atom is 0.338 e. The number of urea groups is 1. The molecule has 2 aromatic rings. The Balaban J connectivity index is 1.70. The Hall–Kier alpha value is -5.00. The van der Waals surface area contributed by atoms with Crippen LogP contribution in [0.4, 0.5) is 4.79 Å². The Morgan fingerprint density at radius 3 is 2.47 bits per heavy atom. The fourth-order valence-electron chi connectivity index (χ4n) is 4.40. The molecule has 230 valence electrons. The minimum absolute atomic E-state index is 0.184. The first-order chi connectivity index (χ1) is 20.8. The van der Waals surface area contributed by atoms with Crippen LogP contribution in [0.3, 0.4) is 0 Å². The predicted molar refractivity (Wildman–Crippen MR) is 161 cm³/mol. The highest BCUT2D eigenvalue weighted by atomic mass is 16.5. The van der Waals surface area contributed by atoms with Crippen molar-refractivity contribution in [2.75, 3.05) is 33.5 Å². The number of benzene rings is 2. The molecule has 3 amide bonds. The highest BCUT2D eigenvalue weighted by Crippen LogP contribution is 2.35. The van der Waals surface area contributed by atoms with Crippen molar-refractivity contribution in [3.8, 4) is 23.0 Å². The number of nitrogens with zero attached hydrogens (tertiary/aromatic N) is 1. The number of allylic oxidation sites excluding steroid dienone is 2. The van der Waals surface area contributed by atoms with Crippen LogP contribution in [0.15, 0.2) is 59.4 Å². The van der Waals surface area contributed by atoms with E-state index in [-0.39, 0.29) is 24.5 Å². The molecule has 0 bridgehead atoms. The molecule has 12 heteroatoms. The van der Waals surface area contributed by atoms with Crippen molar-refractivity contribution in [3.05, 3.63) is 70.9 Å². The molecule has 0 spiro atoms. The van der Waals surface area contributed by atoms with Crippen LogP contribution < -0.4 is 35.0 Å². The lowest BCUT2D eigenvalue weighted by atomic mass is 9.95. The maximum atomic E-state index is 12.6. The fourth-order valence-corrected chi connectivity index (χ4v) is 4.40. The average molecular weight is 595 g/mol. The van der Waals surface area contributed by atoms with E-state index in [1.807, 2.05) is 19.9 Å². The number of hydrogen-bond donors (Lipinski definition) is 3. The van der Waals surface area contributed by atoms with E-state index in [0.29, 0.717) is 53.7 Å². The van der Waals surface area contributed by atoms with E-state index >= 15 is 0 Å². The van der Waals surface area contributed by atoms with Crippen molar-refractivity contribution < 1.29 is 38.1 Å². The Labute approximate surface area is 251 Å². The molecule has 0 aliphatic carbocycles. The van der Waals surface area contributed by atoms with Gasteiger partial charge in [0.15, 0.2) is 29.6 Å². The molecule has 0 unspecified atom stereocenters. The summed E-state index contributed by atoms with van der Waals surface area (Å²) in [6.07, 6.45) is 3.85. The Bertz CT molecular complexity index is 1400. The summed E-state index contributed by atoms with van der Waals surface area (Å²) in [6, 6.07) is 7.33. The normalized spacial score (nSPS) is 14.4. The zero-order valence-electron chi connectivity index (χ0n) is 25.1. The number of carbonyl (C=O) groups excluding carboxylic acids is 3. The molecule has 0 radical (unpaired) electrons. The summed E-state index contributed by atoms with van der Waals surface area (Å²) in [5.41, 5.74) is 5.26. The van der Waals surface area contributed by atoms with E-state index in [0.717, 1.165) is 5.56 Å². The molecule has 0 saturated heterocycles. The van der Waals surface area contributed by atoms with E-state index in [1.54, 1.807) is 44.2 Å². The summed E-state index contributed by atoms with van der Waals surface area (Å²) in [5.74, 6) is 0.772. The lowest BCUT2D eigenvalue weighted by Crippen LogP contribution is -2.45. The average Bonchev–Trinajstić information content (AvgIpc) is 2.97. The van der Waals surface area contributed by atoms with Gasteiger partial charge in [0.1, 0.15) is 0 Å². The number of esters is 1. The van der Waals surface area contributed by atoms with Crippen molar-refractivity contribution in [2.45, 2.75) is 40.2 Å². The van der Waals surface area contributed by atoms with Gasteiger partial charge in [0.25, 0.3) is 5.91 Å². The van der Waals surface area contributed by atoms with Crippen LogP contribution in [-0.2, 0) is 20.7 Å². The molecule has 1 aliphatic rings. The molecular formula is C31H38N4O8. The van der Waals surface area contributed by atoms with Gasteiger partial charge in [0, 0.05) is 11.3 Å². The molecule has 0 saturated carbocycles. The zero-order valence-corrected chi connectivity index (χ0v) is 25.1. The molecule has 1 heterocycles. The van der Waals surface area contributed by atoms with Gasteiger partial charge in [-0.05, 0) is 69.5 Å². The molecule has 2 aromatic carbocycles. The smallest absolute Gasteiger partial charge is 0.338 e. The van der Waals surface area contributed by atoms with Gasteiger partial charge in [0.2, 0.25) is 0 Å². The second-order valence-electron chi connectivity index (χ2n) is 9.15. The maximum absolute atomic E-state index is 12.6. The molecule has 3 N–H and O–H groups in total. The van der Waals surface area contributed by atoms with Gasteiger partial charge in [-0.25, -0.2) is 15.0 Å². The van der Waals surface area contributed by atoms with Crippen LogP contribution in [0.5, 0.6) is 23.0 Å².